The maximum absolute atomic E-state index is 12.5. The Morgan fingerprint density at radius 1 is 1.14 bits per heavy atom. The Bertz CT molecular complexity index is 655. The first-order chi connectivity index (χ1) is 10.3. The van der Waals surface area contributed by atoms with Gasteiger partial charge in [0.1, 0.15) is 12.4 Å². The summed E-state index contributed by atoms with van der Waals surface area (Å²) in [5.74, 6) is 0.880. The van der Waals surface area contributed by atoms with E-state index >= 15 is 0 Å². The molecule has 108 valence electrons. The van der Waals surface area contributed by atoms with E-state index in [0.717, 1.165) is 22.7 Å². The molecular weight excluding hydrogens is 264 g/mol. The fourth-order valence-corrected chi connectivity index (χ4v) is 2.57. The number of para-hydroxylation sites is 3. The summed E-state index contributed by atoms with van der Waals surface area (Å²) in [6.07, 6.45) is 1.10. The lowest BCUT2D eigenvalue weighted by Crippen LogP contribution is -2.38. The van der Waals surface area contributed by atoms with Crippen molar-refractivity contribution in [2.24, 2.45) is 0 Å². The van der Waals surface area contributed by atoms with Gasteiger partial charge in [-0.15, -0.1) is 0 Å². The number of carbonyl (C=O) groups excluding carboxylic acids is 1. The first-order valence-corrected chi connectivity index (χ1v) is 7.11. The quantitative estimate of drug-likeness (QED) is 0.880. The molecule has 0 fully saturated rings. The third kappa shape index (κ3) is 2.84. The van der Waals surface area contributed by atoms with Crippen LogP contribution in [0.15, 0.2) is 48.5 Å². The van der Waals surface area contributed by atoms with Crippen LogP contribution in [0, 0.1) is 0 Å². The third-order valence-corrected chi connectivity index (χ3v) is 3.69. The molecule has 0 unspecified atom stereocenters. The van der Waals surface area contributed by atoms with Gasteiger partial charge in [-0.1, -0.05) is 30.3 Å². The second-order valence-electron chi connectivity index (χ2n) is 5.06. The summed E-state index contributed by atoms with van der Waals surface area (Å²) < 4.78 is 5.57. The molecule has 1 heterocycles. The van der Waals surface area contributed by atoms with Gasteiger partial charge in [0.15, 0.2) is 0 Å². The van der Waals surface area contributed by atoms with Crippen LogP contribution >= 0.6 is 0 Å². The Balaban J connectivity index is 1.71. The van der Waals surface area contributed by atoms with Crippen molar-refractivity contribution in [3.63, 3.8) is 0 Å². The number of anilines is 2. The number of nitrogens with zero attached hydrogens (tertiary/aromatic N) is 1. The molecule has 0 atom stereocenters. The van der Waals surface area contributed by atoms with Crippen molar-refractivity contribution in [2.45, 2.75) is 12.8 Å². The molecule has 21 heavy (non-hydrogen) atoms. The lowest BCUT2D eigenvalue weighted by atomic mass is 10.1. The van der Waals surface area contributed by atoms with Crippen molar-refractivity contribution in [1.29, 1.82) is 0 Å². The highest BCUT2D eigenvalue weighted by Crippen LogP contribution is 2.31. The number of hydrogen-bond donors (Lipinski definition) is 1. The standard InChI is InChI=1S/C17H18N2O2/c18-14-6-2-1-5-13(14)9-10-17(20)19-11-12-21-16-8-4-3-7-15(16)19/h1-8H,9-12,18H2. The van der Waals surface area contributed by atoms with Gasteiger partial charge in [0.2, 0.25) is 5.91 Å². The van der Waals surface area contributed by atoms with Crippen LogP contribution in [0.1, 0.15) is 12.0 Å². The molecule has 1 amide bonds. The number of benzene rings is 2. The van der Waals surface area contributed by atoms with Crippen molar-refractivity contribution >= 4 is 17.3 Å². The van der Waals surface area contributed by atoms with Gasteiger partial charge in [-0.3, -0.25) is 4.79 Å². The number of nitrogens with two attached hydrogens (primary N) is 1. The second kappa shape index (κ2) is 5.87. The summed E-state index contributed by atoms with van der Waals surface area (Å²) in [4.78, 5) is 14.3. The zero-order chi connectivity index (χ0) is 14.7. The maximum atomic E-state index is 12.5. The van der Waals surface area contributed by atoms with E-state index in [1.54, 1.807) is 4.90 Å². The molecule has 0 aliphatic carbocycles. The molecule has 0 radical (unpaired) electrons. The average molecular weight is 282 g/mol. The molecule has 0 bridgehead atoms. The van der Waals surface area contributed by atoms with Crippen LogP contribution in [0.5, 0.6) is 5.75 Å². The zero-order valence-electron chi connectivity index (χ0n) is 11.8. The summed E-state index contributed by atoms with van der Waals surface area (Å²) >= 11 is 0. The Morgan fingerprint density at radius 3 is 2.76 bits per heavy atom. The van der Waals surface area contributed by atoms with Crippen LogP contribution in [0.3, 0.4) is 0 Å². The highest BCUT2D eigenvalue weighted by atomic mass is 16.5. The molecule has 1 aliphatic rings. The summed E-state index contributed by atoms with van der Waals surface area (Å²) in [5.41, 5.74) is 8.54. The van der Waals surface area contributed by atoms with Crippen molar-refractivity contribution in [1.82, 2.24) is 0 Å². The largest absolute Gasteiger partial charge is 0.490 e. The van der Waals surface area contributed by atoms with Crippen molar-refractivity contribution in [3.05, 3.63) is 54.1 Å². The van der Waals surface area contributed by atoms with Gasteiger partial charge in [0, 0.05) is 12.1 Å². The van der Waals surface area contributed by atoms with Crippen molar-refractivity contribution in [2.75, 3.05) is 23.8 Å². The fourth-order valence-electron chi connectivity index (χ4n) is 2.57. The Hall–Kier alpha value is -2.49. The molecule has 1 aliphatic heterocycles. The van der Waals surface area contributed by atoms with Crippen LogP contribution in [0.2, 0.25) is 0 Å². The van der Waals surface area contributed by atoms with Crippen LogP contribution in [-0.2, 0) is 11.2 Å². The van der Waals surface area contributed by atoms with Crippen LogP contribution in [-0.4, -0.2) is 19.1 Å². The topological polar surface area (TPSA) is 55.6 Å². The summed E-state index contributed by atoms with van der Waals surface area (Å²) in [7, 11) is 0. The normalized spacial score (nSPS) is 13.4. The average Bonchev–Trinajstić information content (AvgIpc) is 2.53. The smallest absolute Gasteiger partial charge is 0.227 e. The zero-order valence-corrected chi connectivity index (χ0v) is 11.8. The van der Waals surface area contributed by atoms with E-state index in [1.807, 2.05) is 48.5 Å². The summed E-state index contributed by atoms with van der Waals surface area (Å²) in [6.45, 7) is 1.14. The maximum Gasteiger partial charge on any atom is 0.227 e. The van der Waals surface area contributed by atoms with Crippen molar-refractivity contribution < 1.29 is 9.53 Å². The molecule has 0 aromatic heterocycles. The molecule has 0 saturated heterocycles. The third-order valence-electron chi connectivity index (χ3n) is 3.69. The lowest BCUT2D eigenvalue weighted by Gasteiger charge is -2.29. The Labute approximate surface area is 124 Å². The highest BCUT2D eigenvalue weighted by Gasteiger charge is 2.22. The molecule has 4 nitrogen and oxygen atoms in total. The Kier molecular flexibility index (Phi) is 3.77. The minimum Gasteiger partial charge on any atom is -0.490 e. The van der Waals surface area contributed by atoms with E-state index < -0.39 is 0 Å². The molecule has 4 heteroatoms. The lowest BCUT2D eigenvalue weighted by molar-refractivity contribution is -0.118. The predicted octanol–water partition coefficient (Wildman–Crippen LogP) is 2.63. The number of hydrogen-bond acceptors (Lipinski definition) is 3. The molecule has 0 spiro atoms. The highest BCUT2D eigenvalue weighted by molar-refractivity contribution is 5.95. The van der Waals surface area contributed by atoms with E-state index in [2.05, 4.69) is 0 Å². The first kappa shape index (κ1) is 13.5. The molecule has 0 saturated carbocycles. The molecule has 2 aromatic carbocycles. The van der Waals surface area contributed by atoms with E-state index in [-0.39, 0.29) is 5.91 Å². The SMILES string of the molecule is Nc1ccccc1CCC(=O)N1CCOc2ccccc21. The molecule has 2 aromatic rings. The fraction of sp³-hybridized carbons (Fsp3) is 0.235. The van der Waals surface area contributed by atoms with Gasteiger partial charge in [-0.25, -0.2) is 0 Å². The molecular formula is C17H18N2O2. The molecule has 3 rings (SSSR count). The molecule has 2 N–H and O–H groups in total. The number of ether oxygens (including phenoxy) is 1. The van der Waals surface area contributed by atoms with Gasteiger partial charge in [-0.05, 0) is 30.2 Å². The number of carbonyl (C=O) groups is 1. The first-order valence-electron chi connectivity index (χ1n) is 7.11. The van der Waals surface area contributed by atoms with E-state index in [0.29, 0.717) is 26.0 Å². The van der Waals surface area contributed by atoms with E-state index in [1.165, 1.54) is 0 Å². The number of fused-ring (bicyclic) bond motifs is 1. The Morgan fingerprint density at radius 2 is 1.90 bits per heavy atom. The van der Waals surface area contributed by atoms with Gasteiger partial charge in [-0.2, -0.15) is 0 Å². The van der Waals surface area contributed by atoms with Gasteiger partial charge in [0.25, 0.3) is 0 Å². The van der Waals surface area contributed by atoms with Crippen LogP contribution in [0.25, 0.3) is 0 Å². The summed E-state index contributed by atoms with van der Waals surface area (Å²) in [5, 5.41) is 0. The van der Waals surface area contributed by atoms with E-state index in [9.17, 15) is 4.79 Å². The number of amides is 1. The van der Waals surface area contributed by atoms with E-state index in [4.69, 9.17) is 10.5 Å². The minimum atomic E-state index is 0.106. The van der Waals surface area contributed by atoms with Crippen molar-refractivity contribution in [3.8, 4) is 5.75 Å². The van der Waals surface area contributed by atoms with Crippen LogP contribution < -0.4 is 15.4 Å². The summed E-state index contributed by atoms with van der Waals surface area (Å²) in [6, 6.07) is 15.3. The second-order valence-corrected chi connectivity index (χ2v) is 5.06. The predicted molar refractivity (Wildman–Crippen MR) is 83.5 cm³/mol. The number of rotatable bonds is 3. The number of nitrogen functional groups attached to an aromatic ring is 1. The van der Waals surface area contributed by atoms with Gasteiger partial charge < -0.3 is 15.4 Å². The monoisotopic (exact) mass is 282 g/mol. The number of aryl methyl sites for hydroxylation is 1. The van der Waals surface area contributed by atoms with Gasteiger partial charge in [0.05, 0.1) is 12.2 Å². The van der Waals surface area contributed by atoms with Crippen LogP contribution in [0.4, 0.5) is 11.4 Å². The minimum absolute atomic E-state index is 0.106. The van der Waals surface area contributed by atoms with Gasteiger partial charge >= 0.3 is 0 Å².